The molecular weight excluding hydrogens is 210 g/mol. The van der Waals surface area contributed by atoms with E-state index < -0.39 is 0 Å². The van der Waals surface area contributed by atoms with Gasteiger partial charge in [0.05, 0.1) is 0 Å². The number of aromatic nitrogens is 2. The third-order valence-electron chi connectivity index (χ3n) is 2.65. The van der Waals surface area contributed by atoms with Crippen molar-refractivity contribution in [3.05, 3.63) is 54.0 Å². The van der Waals surface area contributed by atoms with Gasteiger partial charge in [0, 0.05) is 31.1 Å². The third kappa shape index (κ3) is 3.55. The van der Waals surface area contributed by atoms with Crippen LogP contribution in [0, 0.1) is 0 Å². The first kappa shape index (κ1) is 11.6. The Morgan fingerprint density at radius 2 is 2.06 bits per heavy atom. The van der Waals surface area contributed by atoms with Crippen molar-refractivity contribution in [2.45, 2.75) is 19.8 Å². The fourth-order valence-corrected chi connectivity index (χ4v) is 1.60. The molecule has 0 aromatic carbocycles. The molecule has 1 N–H and O–H groups in total. The molecule has 3 nitrogen and oxygen atoms in total. The molecule has 17 heavy (non-hydrogen) atoms. The maximum absolute atomic E-state index is 4.35. The van der Waals surface area contributed by atoms with Crippen LogP contribution in [0.5, 0.6) is 0 Å². The normalized spacial score (nSPS) is 10.2. The largest absolute Gasteiger partial charge is 0.370 e. The zero-order valence-corrected chi connectivity index (χ0v) is 10.1. The molecule has 3 heteroatoms. The predicted molar refractivity (Wildman–Crippen MR) is 70.0 cm³/mol. The number of hydrogen-bond donors (Lipinski definition) is 1. The first-order valence-electron chi connectivity index (χ1n) is 5.97. The molecule has 0 aliphatic rings. The second-order valence-electron chi connectivity index (χ2n) is 3.90. The lowest BCUT2D eigenvalue weighted by atomic mass is 10.2. The van der Waals surface area contributed by atoms with Gasteiger partial charge in [-0.25, -0.2) is 4.98 Å². The number of nitrogens with zero attached hydrogens (tertiary/aromatic N) is 2. The summed E-state index contributed by atoms with van der Waals surface area (Å²) in [6.07, 6.45) is 5.69. The number of pyridine rings is 2. The minimum atomic E-state index is 0.857. The van der Waals surface area contributed by atoms with Gasteiger partial charge in [-0.2, -0.15) is 0 Å². The fourth-order valence-electron chi connectivity index (χ4n) is 1.60. The number of hydrogen-bond acceptors (Lipinski definition) is 3. The second kappa shape index (κ2) is 5.99. The van der Waals surface area contributed by atoms with Crippen molar-refractivity contribution in [2.24, 2.45) is 0 Å². The summed E-state index contributed by atoms with van der Waals surface area (Å²) in [5.41, 5.74) is 2.37. The highest BCUT2D eigenvalue weighted by Crippen LogP contribution is 2.05. The highest BCUT2D eigenvalue weighted by atomic mass is 15.0. The molecule has 0 atom stereocenters. The quantitative estimate of drug-likeness (QED) is 0.853. The SMILES string of the molecule is CCc1ccc(NCCc2ccccn2)nc1. The van der Waals surface area contributed by atoms with Gasteiger partial charge in [-0.15, -0.1) is 0 Å². The molecule has 0 amide bonds. The highest BCUT2D eigenvalue weighted by Gasteiger charge is 1.95. The molecule has 0 fully saturated rings. The zero-order valence-electron chi connectivity index (χ0n) is 10.1. The summed E-state index contributed by atoms with van der Waals surface area (Å²) >= 11 is 0. The van der Waals surface area contributed by atoms with Crippen molar-refractivity contribution in [1.82, 2.24) is 9.97 Å². The topological polar surface area (TPSA) is 37.8 Å². The number of anilines is 1. The van der Waals surface area contributed by atoms with Gasteiger partial charge >= 0.3 is 0 Å². The second-order valence-corrected chi connectivity index (χ2v) is 3.90. The summed E-state index contributed by atoms with van der Waals surface area (Å²) in [7, 11) is 0. The molecular formula is C14H17N3. The molecule has 0 unspecified atom stereocenters. The monoisotopic (exact) mass is 227 g/mol. The first-order chi connectivity index (χ1) is 8.38. The van der Waals surface area contributed by atoms with Gasteiger partial charge < -0.3 is 5.32 Å². The molecule has 0 bridgehead atoms. The summed E-state index contributed by atoms with van der Waals surface area (Å²) in [4.78, 5) is 8.63. The lowest BCUT2D eigenvalue weighted by Gasteiger charge is -2.05. The van der Waals surface area contributed by atoms with Crippen LogP contribution in [0.1, 0.15) is 18.2 Å². The lowest BCUT2D eigenvalue weighted by molar-refractivity contribution is 0.952. The van der Waals surface area contributed by atoms with Gasteiger partial charge in [0.25, 0.3) is 0 Å². The Hall–Kier alpha value is -1.90. The molecule has 0 spiro atoms. The van der Waals surface area contributed by atoms with E-state index in [4.69, 9.17) is 0 Å². The van der Waals surface area contributed by atoms with E-state index in [0.29, 0.717) is 0 Å². The van der Waals surface area contributed by atoms with Crippen molar-refractivity contribution in [3.8, 4) is 0 Å². The van der Waals surface area contributed by atoms with Crippen LogP contribution in [0.2, 0.25) is 0 Å². The van der Waals surface area contributed by atoms with Gasteiger partial charge in [-0.3, -0.25) is 4.98 Å². The minimum Gasteiger partial charge on any atom is -0.370 e. The van der Waals surface area contributed by atoms with Gasteiger partial charge in [0.2, 0.25) is 0 Å². The summed E-state index contributed by atoms with van der Waals surface area (Å²) in [5.74, 6) is 0.929. The van der Waals surface area contributed by atoms with Crippen molar-refractivity contribution < 1.29 is 0 Å². The Morgan fingerprint density at radius 1 is 1.12 bits per heavy atom. The van der Waals surface area contributed by atoms with Crippen LogP contribution in [0.4, 0.5) is 5.82 Å². The average molecular weight is 227 g/mol. The van der Waals surface area contributed by atoms with Crippen molar-refractivity contribution in [1.29, 1.82) is 0 Å². The van der Waals surface area contributed by atoms with Crippen LogP contribution in [0.15, 0.2) is 42.7 Å². The molecule has 0 saturated carbocycles. The summed E-state index contributed by atoms with van der Waals surface area (Å²) in [5, 5.41) is 3.29. The standard InChI is InChI=1S/C14H17N3/c1-2-12-6-7-14(17-11-12)16-10-8-13-5-3-4-9-15-13/h3-7,9,11H,2,8,10H2,1H3,(H,16,17). The van der Waals surface area contributed by atoms with E-state index in [1.54, 1.807) is 0 Å². The predicted octanol–water partition coefficient (Wildman–Crippen LogP) is 2.69. The van der Waals surface area contributed by atoms with Crippen LogP contribution >= 0.6 is 0 Å². The fraction of sp³-hybridized carbons (Fsp3) is 0.286. The van der Waals surface area contributed by atoms with Gasteiger partial charge in [-0.1, -0.05) is 19.1 Å². The maximum Gasteiger partial charge on any atom is 0.125 e. The molecule has 0 aliphatic heterocycles. The molecule has 2 aromatic rings. The summed E-state index contributed by atoms with van der Waals surface area (Å²) < 4.78 is 0. The van der Waals surface area contributed by atoms with Gasteiger partial charge in [0.15, 0.2) is 0 Å². The Balaban J connectivity index is 1.82. The molecule has 2 heterocycles. The van der Waals surface area contributed by atoms with E-state index >= 15 is 0 Å². The average Bonchev–Trinajstić information content (AvgIpc) is 2.41. The molecule has 0 radical (unpaired) electrons. The van der Waals surface area contributed by atoms with E-state index in [9.17, 15) is 0 Å². The minimum absolute atomic E-state index is 0.857. The molecule has 88 valence electrons. The van der Waals surface area contributed by atoms with Gasteiger partial charge in [0.1, 0.15) is 5.82 Å². The van der Waals surface area contributed by atoms with Crippen LogP contribution in [-0.2, 0) is 12.8 Å². The highest BCUT2D eigenvalue weighted by molar-refractivity contribution is 5.35. The lowest BCUT2D eigenvalue weighted by Crippen LogP contribution is -2.07. The van der Waals surface area contributed by atoms with E-state index in [1.807, 2.05) is 36.7 Å². The van der Waals surface area contributed by atoms with E-state index in [2.05, 4.69) is 28.3 Å². The van der Waals surface area contributed by atoms with E-state index in [1.165, 1.54) is 5.56 Å². The summed E-state index contributed by atoms with van der Waals surface area (Å²) in [6.45, 7) is 2.99. The van der Waals surface area contributed by atoms with Crippen molar-refractivity contribution >= 4 is 5.82 Å². The molecule has 0 saturated heterocycles. The van der Waals surface area contributed by atoms with Crippen LogP contribution in [0.25, 0.3) is 0 Å². The first-order valence-corrected chi connectivity index (χ1v) is 5.97. The van der Waals surface area contributed by atoms with E-state index in [-0.39, 0.29) is 0 Å². The third-order valence-corrected chi connectivity index (χ3v) is 2.65. The number of aryl methyl sites for hydroxylation is 1. The maximum atomic E-state index is 4.35. The number of nitrogens with one attached hydrogen (secondary N) is 1. The van der Waals surface area contributed by atoms with Crippen LogP contribution in [-0.4, -0.2) is 16.5 Å². The summed E-state index contributed by atoms with van der Waals surface area (Å²) in [6, 6.07) is 10.1. The van der Waals surface area contributed by atoms with Gasteiger partial charge in [-0.05, 0) is 30.2 Å². The molecule has 0 aliphatic carbocycles. The molecule has 2 rings (SSSR count). The number of rotatable bonds is 5. The Labute approximate surface area is 102 Å². The zero-order chi connectivity index (χ0) is 11.9. The van der Waals surface area contributed by atoms with Crippen LogP contribution in [0.3, 0.4) is 0 Å². The van der Waals surface area contributed by atoms with Crippen molar-refractivity contribution in [2.75, 3.05) is 11.9 Å². The smallest absolute Gasteiger partial charge is 0.125 e. The van der Waals surface area contributed by atoms with Crippen LogP contribution < -0.4 is 5.32 Å². The van der Waals surface area contributed by atoms with E-state index in [0.717, 1.165) is 30.9 Å². The molecule has 2 aromatic heterocycles. The Morgan fingerprint density at radius 3 is 2.71 bits per heavy atom. The Kier molecular flexibility index (Phi) is 4.08. The Bertz CT molecular complexity index is 437. The van der Waals surface area contributed by atoms with Crippen molar-refractivity contribution in [3.63, 3.8) is 0 Å².